The molecule has 3 nitrogen and oxygen atoms in total. The highest BCUT2D eigenvalue weighted by molar-refractivity contribution is 6.87. The van der Waals surface area contributed by atoms with E-state index in [1.807, 2.05) is 0 Å². The van der Waals surface area contributed by atoms with Gasteiger partial charge >= 0.3 is 0 Å². The normalized spacial score (nSPS) is 19.7. The standard InChI is InChI=1S/C64H103BN2OSi/c1-23-50(47(6)7)30-27-41-66-56-43-49(9)44-57(67-55(36-38-62(13,14)15)53(35-37-61(10,11)12)51(24-2)31-28-42-69(20,21)22)59(56)65(52(25-3)32-26-29-48(8)34-33-46(4)5)54-45-68-60-58(54)63(16,17)39-40-64(60,18)19/h23-28,30-32,35-36,42,44-48,56,66-67H,2,29,33-34,37-41,43H2,1,3-22H3/b30-27-,32-26-,42-28+,50-23+,51-31+,52-25+,53-35-,55-36+. The molecule has 382 valence electrons. The fraction of sp³-hybridized carbons (Fsp3) is 0.594. The molecular formula is C64H103BN2OSi. The van der Waals surface area contributed by atoms with E-state index in [-0.39, 0.29) is 34.4 Å². The lowest BCUT2D eigenvalue weighted by atomic mass is 9.32. The summed E-state index contributed by atoms with van der Waals surface area (Å²) < 4.78 is 6.93. The van der Waals surface area contributed by atoms with E-state index >= 15 is 0 Å². The summed E-state index contributed by atoms with van der Waals surface area (Å²) in [5.41, 5.74) is 15.3. The van der Waals surface area contributed by atoms with Gasteiger partial charge in [-0.25, -0.2) is 0 Å². The number of hydrogen-bond acceptors (Lipinski definition) is 3. The SMILES string of the molecule is C=CC(=C\C=C\[Si](C)(C)C)/C(=C/CC(C)(C)C)C(=C\CC(C)(C)C)/NC1=C(B(C(/C=C\CC(C)CCC(C)C)=C/C)c2coc3c2C(C)(C)CCC3(C)C)C(NC/C=C\C(=C/C)C(C)C)CC(C)=C1. The van der Waals surface area contributed by atoms with Gasteiger partial charge in [0.1, 0.15) is 5.76 Å². The third-order valence-electron chi connectivity index (χ3n) is 14.1. The summed E-state index contributed by atoms with van der Waals surface area (Å²) in [6.45, 7) is 54.4. The minimum atomic E-state index is -1.44. The van der Waals surface area contributed by atoms with Crippen molar-refractivity contribution in [1.29, 1.82) is 0 Å². The molecule has 0 amide bonds. The highest BCUT2D eigenvalue weighted by Crippen LogP contribution is 2.47. The number of furan rings is 1. The maximum atomic E-state index is 6.93. The first-order valence-electron chi connectivity index (χ1n) is 27.1. The minimum absolute atomic E-state index is 0.0486. The summed E-state index contributed by atoms with van der Waals surface area (Å²) >= 11 is 0. The van der Waals surface area contributed by atoms with Crippen molar-refractivity contribution in [3.8, 4) is 0 Å². The van der Waals surface area contributed by atoms with Crippen molar-refractivity contribution < 1.29 is 4.42 Å². The van der Waals surface area contributed by atoms with E-state index in [0.717, 1.165) is 62.1 Å². The molecule has 2 aliphatic carbocycles. The largest absolute Gasteiger partial charge is 0.469 e. The summed E-state index contributed by atoms with van der Waals surface area (Å²) in [7, 11) is -1.44. The van der Waals surface area contributed by atoms with Crippen LogP contribution in [0.1, 0.15) is 187 Å². The van der Waals surface area contributed by atoms with Gasteiger partial charge in [0, 0.05) is 35.0 Å². The van der Waals surface area contributed by atoms with Crippen molar-refractivity contribution in [2.24, 2.45) is 28.6 Å². The van der Waals surface area contributed by atoms with E-state index in [1.165, 1.54) is 57.2 Å². The number of rotatable bonds is 23. The van der Waals surface area contributed by atoms with Gasteiger partial charge in [-0.05, 0) is 116 Å². The number of allylic oxidation sites excluding steroid dienone is 14. The van der Waals surface area contributed by atoms with Crippen LogP contribution in [0.15, 0.2) is 141 Å². The van der Waals surface area contributed by atoms with Crippen molar-refractivity contribution in [3.63, 3.8) is 0 Å². The lowest BCUT2D eigenvalue weighted by molar-refractivity contribution is 0.278. The molecule has 0 saturated carbocycles. The van der Waals surface area contributed by atoms with E-state index in [0.29, 0.717) is 17.8 Å². The molecule has 0 saturated heterocycles. The third-order valence-corrected chi connectivity index (χ3v) is 15.2. The lowest BCUT2D eigenvalue weighted by Gasteiger charge is -2.40. The molecule has 2 atom stereocenters. The second-order valence-electron chi connectivity index (χ2n) is 26.4. The molecule has 0 aliphatic heterocycles. The van der Waals surface area contributed by atoms with Crippen LogP contribution < -0.4 is 16.1 Å². The zero-order chi connectivity index (χ0) is 52.1. The average molecular weight is 955 g/mol. The maximum Gasteiger partial charge on any atom is 0.245 e. The van der Waals surface area contributed by atoms with Crippen molar-refractivity contribution in [1.82, 2.24) is 10.6 Å². The maximum absolute atomic E-state index is 6.93. The Labute approximate surface area is 428 Å². The molecule has 0 bridgehead atoms. The fourth-order valence-electron chi connectivity index (χ4n) is 9.67. The van der Waals surface area contributed by atoms with E-state index in [9.17, 15) is 0 Å². The van der Waals surface area contributed by atoms with Gasteiger partial charge < -0.3 is 15.1 Å². The van der Waals surface area contributed by atoms with Crippen LogP contribution in [0.5, 0.6) is 0 Å². The first-order valence-corrected chi connectivity index (χ1v) is 30.6. The molecule has 69 heavy (non-hydrogen) atoms. The van der Waals surface area contributed by atoms with Crippen LogP contribution in [-0.2, 0) is 10.8 Å². The Kier molecular flexibility index (Phi) is 22.3. The first kappa shape index (κ1) is 59.8. The average Bonchev–Trinajstić information content (AvgIpc) is 3.69. The molecule has 1 aromatic heterocycles. The van der Waals surface area contributed by atoms with Crippen LogP contribution in [0.25, 0.3) is 0 Å². The highest BCUT2D eigenvalue weighted by Gasteiger charge is 2.46. The Bertz CT molecular complexity index is 2180. The summed E-state index contributed by atoms with van der Waals surface area (Å²) in [5.74, 6) is 2.96. The number of hydrogen-bond donors (Lipinski definition) is 2. The Morgan fingerprint density at radius 3 is 2.09 bits per heavy atom. The topological polar surface area (TPSA) is 37.2 Å². The smallest absolute Gasteiger partial charge is 0.245 e. The van der Waals surface area contributed by atoms with Gasteiger partial charge in [-0.3, -0.25) is 0 Å². The van der Waals surface area contributed by atoms with Gasteiger partial charge in [-0.15, -0.1) is 0 Å². The quantitative estimate of drug-likeness (QED) is 0.0848. The summed E-state index contributed by atoms with van der Waals surface area (Å²) in [5, 5.41) is 8.48. The van der Waals surface area contributed by atoms with Crippen molar-refractivity contribution in [2.75, 3.05) is 6.54 Å². The summed E-state index contributed by atoms with van der Waals surface area (Å²) in [4.78, 5) is 0. The Hall–Kier alpha value is -3.54. The molecule has 5 heteroatoms. The van der Waals surface area contributed by atoms with Gasteiger partial charge in [0.05, 0.1) is 14.3 Å². The summed E-state index contributed by atoms with van der Waals surface area (Å²) in [6.07, 6.45) is 39.0. The van der Waals surface area contributed by atoms with Gasteiger partial charge in [0.15, 0.2) is 0 Å². The van der Waals surface area contributed by atoms with Crippen LogP contribution in [-0.4, -0.2) is 27.4 Å². The monoisotopic (exact) mass is 955 g/mol. The van der Waals surface area contributed by atoms with E-state index in [4.69, 9.17) is 4.42 Å². The van der Waals surface area contributed by atoms with Crippen LogP contribution in [0.3, 0.4) is 0 Å². The van der Waals surface area contributed by atoms with Crippen molar-refractivity contribution in [2.45, 2.75) is 213 Å². The molecular weight excluding hydrogens is 852 g/mol. The lowest BCUT2D eigenvalue weighted by Crippen LogP contribution is -2.50. The Morgan fingerprint density at radius 1 is 0.884 bits per heavy atom. The molecule has 3 rings (SSSR count). The summed E-state index contributed by atoms with van der Waals surface area (Å²) in [6, 6.07) is 0.0544. The molecule has 0 radical (unpaired) electrons. The highest BCUT2D eigenvalue weighted by atomic mass is 28.3. The molecule has 2 unspecified atom stereocenters. The van der Waals surface area contributed by atoms with E-state index in [2.05, 4.69) is 246 Å². The first-order chi connectivity index (χ1) is 31.9. The zero-order valence-electron chi connectivity index (χ0n) is 48.4. The van der Waals surface area contributed by atoms with Crippen LogP contribution in [0.2, 0.25) is 19.6 Å². The Balaban J connectivity index is 2.59. The fourth-order valence-corrected chi connectivity index (χ4v) is 10.3. The predicted octanol–water partition coefficient (Wildman–Crippen LogP) is 17.9. The van der Waals surface area contributed by atoms with Crippen LogP contribution in [0, 0.1) is 28.6 Å². The van der Waals surface area contributed by atoms with Gasteiger partial charge in [-0.2, -0.15) is 0 Å². The third kappa shape index (κ3) is 18.9. The zero-order valence-corrected chi connectivity index (χ0v) is 49.4. The molecule has 0 aromatic carbocycles. The van der Waals surface area contributed by atoms with E-state index < -0.39 is 8.07 Å². The second kappa shape index (κ2) is 25.7. The molecule has 2 N–H and O–H groups in total. The van der Waals surface area contributed by atoms with Crippen molar-refractivity contribution >= 4 is 20.2 Å². The second-order valence-corrected chi connectivity index (χ2v) is 31.5. The van der Waals surface area contributed by atoms with Crippen LogP contribution in [0.4, 0.5) is 0 Å². The van der Waals surface area contributed by atoms with Crippen LogP contribution >= 0.6 is 0 Å². The number of nitrogens with one attached hydrogen (secondary N) is 2. The number of fused-ring (bicyclic) bond motifs is 1. The van der Waals surface area contributed by atoms with Gasteiger partial charge in [0.2, 0.25) is 6.71 Å². The van der Waals surface area contributed by atoms with Gasteiger partial charge in [-0.1, -0.05) is 238 Å². The van der Waals surface area contributed by atoms with E-state index in [1.54, 1.807) is 0 Å². The molecule has 0 spiro atoms. The molecule has 2 aliphatic rings. The van der Waals surface area contributed by atoms with Gasteiger partial charge in [0.25, 0.3) is 0 Å². The molecule has 1 aromatic rings. The molecule has 1 heterocycles. The minimum Gasteiger partial charge on any atom is -0.469 e. The van der Waals surface area contributed by atoms with Crippen molar-refractivity contribution in [3.05, 3.63) is 147 Å². The molecule has 0 fully saturated rings. The Morgan fingerprint density at radius 2 is 1.52 bits per heavy atom. The predicted molar refractivity (Wildman–Crippen MR) is 313 cm³/mol.